The summed E-state index contributed by atoms with van der Waals surface area (Å²) in [6.45, 7) is 3.73. The summed E-state index contributed by atoms with van der Waals surface area (Å²) in [7, 11) is 0. The highest BCUT2D eigenvalue weighted by Gasteiger charge is 2.09. The Morgan fingerprint density at radius 1 is 1.29 bits per heavy atom. The van der Waals surface area contributed by atoms with Crippen LogP contribution in [0, 0.1) is 19.7 Å². The predicted molar refractivity (Wildman–Crippen MR) is 81.7 cm³/mol. The number of hydrogen-bond acceptors (Lipinski definition) is 5. The molecular formula is C14H15FN4OS. The summed E-state index contributed by atoms with van der Waals surface area (Å²) < 4.78 is 13.1. The second-order valence-electron chi connectivity index (χ2n) is 4.50. The summed E-state index contributed by atoms with van der Waals surface area (Å²) in [5, 5.41) is 3.11. The van der Waals surface area contributed by atoms with E-state index >= 15 is 0 Å². The van der Waals surface area contributed by atoms with E-state index in [0.29, 0.717) is 10.8 Å². The number of nitrogens with one attached hydrogen (secondary N) is 1. The minimum absolute atomic E-state index is 0.124. The molecule has 0 aliphatic carbocycles. The molecule has 2 aromatic rings. The van der Waals surface area contributed by atoms with Crippen molar-refractivity contribution in [2.75, 3.05) is 16.8 Å². The molecule has 110 valence electrons. The van der Waals surface area contributed by atoms with E-state index in [-0.39, 0.29) is 17.3 Å². The Kier molecular flexibility index (Phi) is 4.74. The highest BCUT2D eigenvalue weighted by atomic mass is 32.2. The van der Waals surface area contributed by atoms with Crippen LogP contribution in [0.5, 0.6) is 0 Å². The normalized spacial score (nSPS) is 10.4. The van der Waals surface area contributed by atoms with Gasteiger partial charge in [-0.15, -0.1) is 0 Å². The van der Waals surface area contributed by atoms with Crippen molar-refractivity contribution in [1.29, 1.82) is 0 Å². The summed E-state index contributed by atoms with van der Waals surface area (Å²) in [4.78, 5) is 20.3. The summed E-state index contributed by atoms with van der Waals surface area (Å²) >= 11 is 1.22. The van der Waals surface area contributed by atoms with Crippen LogP contribution in [0.2, 0.25) is 0 Å². The minimum Gasteiger partial charge on any atom is -0.397 e. The molecule has 0 aliphatic heterocycles. The second kappa shape index (κ2) is 6.53. The quantitative estimate of drug-likeness (QED) is 0.515. The van der Waals surface area contributed by atoms with Gasteiger partial charge < -0.3 is 11.1 Å². The van der Waals surface area contributed by atoms with E-state index in [0.717, 1.165) is 11.4 Å². The zero-order valence-electron chi connectivity index (χ0n) is 11.7. The summed E-state index contributed by atoms with van der Waals surface area (Å²) in [5.41, 5.74) is 7.95. The maximum absolute atomic E-state index is 13.1. The van der Waals surface area contributed by atoms with E-state index < -0.39 is 5.82 Å². The Morgan fingerprint density at radius 2 is 1.95 bits per heavy atom. The van der Waals surface area contributed by atoms with Crippen molar-refractivity contribution in [1.82, 2.24) is 9.97 Å². The molecule has 1 aromatic carbocycles. The van der Waals surface area contributed by atoms with Gasteiger partial charge in [-0.25, -0.2) is 14.4 Å². The summed E-state index contributed by atoms with van der Waals surface area (Å²) in [6.07, 6.45) is 0. The third-order valence-corrected chi connectivity index (χ3v) is 3.43. The van der Waals surface area contributed by atoms with E-state index in [2.05, 4.69) is 15.3 Å². The summed E-state index contributed by atoms with van der Waals surface area (Å²) in [6, 6.07) is 5.69. The van der Waals surface area contributed by atoms with E-state index in [9.17, 15) is 9.18 Å². The Hall–Kier alpha value is -2.15. The highest BCUT2D eigenvalue weighted by Crippen LogP contribution is 2.20. The Labute approximate surface area is 126 Å². The predicted octanol–water partition coefficient (Wildman–Crippen LogP) is 2.55. The molecule has 1 aromatic heterocycles. The van der Waals surface area contributed by atoms with Crippen molar-refractivity contribution < 1.29 is 9.18 Å². The standard InChI is InChI=1S/C14H15FN4OS/c1-8-5-9(2)18-14(17-8)21-7-13(20)19-12-6-10(15)3-4-11(12)16/h3-6H,7,16H2,1-2H3,(H,19,20). The molecule has 3 N–H and O–H groups in total. The number of carbonyl (C=O) groups is 1. The van der Waals surface area contributed by atoms with Crippen molar-refractivity contribution in [3.63, 3.8) is 0 Å². The van der Waals surface area contributed by atoms with Crippen LogP contribution < -0.4 is 11.1 Å². The number of rotatable bonds is 4. The topological polar surface area (TPSA) is 80.9 Å². The lowest BCUT2D eigenvalue weighted by Crippen LogP contribution is -2.15. The first-order chi connectivity index (χ1) is 9.94. The number of nitrogens with two attached hydrogens (primary N) is 1. The number of carbonyl (C=O) groups excluding carboxylic acids is 1. The summed E-state index contributed by atoms with van der Waals surface area (Å²) in [5.74, 6) is -0.622. The zero-order chi connectivity index (χ0) is 15.4. The van der Waals surface area contributed by atoms with E-state index in [1.807, 2.05) is 19.9 Å². The maximum atomic E-state index is 13.1. The molecule has 0 unspecified atom stereocenters. The van der Waals surface area contributed by atoms with Gasteiger partial charge in [-0.2, -0.15) is 0 Å². The monoisotopic (exact) mass is 306 g/mol. The van der Waals surface area contributed by atoms with Gasteiger partial charge in [0.25, 0.3) is 0 Å². The first-order valence-electron chi connectivity index (χ1n) is 6.24. The molecule has 2 rings (SSSR count). The van der Waals surface area contributed by atoms with Gasteiger partial charge >= 0.3 is 0 Å². The highest BCUT2D eigenvalue weighted by molar-refractivity contribution is 7.99. The first kappa shape index (κ1) is 15.2. The number of hydrogen-bond donors (Lipinski definition) is 2. The van der Waals surface area contributed by atoms with Gasteiger partial charge in [-0.1, -0.05) is 11.8 Å². The Balaban J connectivity index is 1.97. The van der Waals surface area contributed by atoms with Crippen molar-refractivity contribution in [2.45, 2.75) is 19.0 Å². The van der Waals surface area contributed by atoms with Crippen molar-refractivity contribution in [2.24, 2.45) is 0 Å². The molecule has 0 radical (unpaired) electrons. The van der Waals surface area contributed by atoms with E-state index in [1.54, 1.807) is 0 Å². The number of aromatic nitrogens is 2. The number of amides is 1. The number of aryl methyl sites for hydroxylation is 2. The average molecular weight is 306 g/mol. The lowest BCUT2D eigenvalue weighted by Gasteiger charge is -2.08. The minimum atomic E-state index is -0.454. The lowest BCUT2D eigenvalue weighted by atomic mass is 10.2. The van der Waals surface area contributed by atoms with E-state index in [1.165, 1.54) is 30.0 Å². The van der Waals surface area contributed by atoms with Gasteiger partial charge in [0.2, 0.25) is 5.91 Å². The van der Waals surface area contributed by atoms with Gasteiger partial charge in [0.05, 0.1) is 17.1 Å². The van der Waals surface area contributed by atoms with Crippen LogP contribution in [0.1, 0.15) is 11.4 Å². The molecule has 5 nitrogen and oxygen atoms in total. The molecule has 0 atom stereocenters. The third-order valence-electron chi connectivity index (χ3n) is 2.58. The number of thioether (sulfide) groups is 1. The van der Waals surface area contributed by atoms with Crippen molar-refractivity contribution in [3.8, 4) is 0 Å². The molecular weight excluding hydrogens is 291 g/mol. The molecule has 21 heavy (non-hydrogen) atoms. The van der Waals surface area contributed by atoms with Crippen molar-refractivity contribution >= 4 is 29.0 Å². The van der Waals surface area contributed by atoms with Crippen LogP contribution in [0.15, 0.2) is 29.4 Å². The molecule has 0 saturated carbocycles. The average Bonchev–Trinajstić information content (AvgIpc) is 2.40. The maximum Gasteiger partial charge on any atom is 0.234 e. The van der Waals surface area contributed by atoms with Crippen LogP contribution in [-0.4, -0.2) is 21.6 Å². The zero-order valence-corrected chi connectivity index (χ0v) is 12.5. The lowest BCUT2D eigenvalue weighted by molar-refractivity contribution is -0.113. The smallest absolute Gasteiger partial charge is 0.234 e. The largest absolute Gasteiger partial charge is 0.397 e. The number of anilines is 2. The van der Waals surface area contributed by atoms with Crippen LogP contribution >= 0.6 is 11.8 Å². The number of benzene rings is 1. The number of nitrogen functional groups attached to an aromatic ring is 1. The molecule has 1 heterocycles. The van der Waals surface area contributed by atoms with Crippen LogP contribution in [-0.2, 0) is 4.79 Å². The third kappa shape index (κ3) is 4.42. The van der Waals surface area contributed by atoms with Gasteiger partial charge in [-0.3, -0.25) is 4.79 Å². The van der Waals surface area contributed by atoms with Crippen LogP contribution in [0.4, 0.5) is 15.8 Å². The molecule has 0 fully saturated rings. The molecule has 0 spiro atoms. The fourth-order valence-corrected chi connectivity index (χ4v) is 2.46. The Morgan fingerprint density at radius 3 is 2.62 bits per heavy atom. The fraction of sp³-hybridized carbons (Fsp3) is 0.214. The fourth-order valence-electron chi connectivity index (χ4n) is 1.71. The molecule has 0 saturated heterocycles. The van der Waals surface area contributed by atoms with Crippen LogP contribution in [0.3, 0.4) is 0 Å². The van der Waals surface area contributed by atoms with Gasteiger partial charge in [0.15, 0.2) is 5.16 Å². The van der Waals surface area contributed by atoms with Gasteiger partial charge in [0, 0.05) is 11.4 Å². The number of halogens is 1. The van der Waals surface area contributed by atoms with Gasteiger partial charge in [0.1, 0.15) is 5.82 Å². The Bertz CT molecular complexity index is 658. The van der Waals surface area contributed by atoms with E-state index in [4.69, 9.17) is 5.73 Å². The molecule has 0 aliphatic rings. The molecule has 0 bridgehead atoms. The SMILES string of the molecule is Cc1cc(C)nc(SCC(=O)Nc2cc(F)ccc2N)n1. The van der Waals surface area contributed by atoms with Crippen molar-refractivity contribution in [3.05, 3.63) is 41.5 Å². The number of nitrogens with zero attached hydrogens (tertiary/aromatic N) is 2. The van der Waals surface area contributed by atoms with Crippen LogP contribution in [0.25, 0.3) is 0 Å². The molecule has 1 amide bonds. The second-order valence-corrected chi connectivity index (χ2v) is 5.44. The van der Waals surface area contributed by atoms with Gasteiger partial charge in [-0.05, 0) is 38.1 Å². The molecule has 7 heteroatoms. The first-order valence-corrected chi connectivity index (χ1v) is 7.22.